The lowest BCUT2D eigenvalue weighted by atomic mass is 10.0. The molecule has 6 heteroatoms. The largest absolute Gasteiger partial charge is 0.484 e. The topological polar surface area (TPSA) is 84.7 Å². The smallest absolute Gasteiger partial charge is 0.260 e. The lowest BCUT2D eigenvalue weighted by Crippen LogP contribution is -2.46. The van der Waals surface area contributed by atoms with Gasteiger partial charge in [-0.15, -0.1) is 0 Å². The van der Waals surface area contributed by atoms with E-state index in [1.54, 1.807) is 24.3 Å². The molecule has 3 N–H and O–H groups in total. The van der Waals surface area contributed by atoms with Crippen LogP contribution in [0.5, 0.6) is 5.75 Å². The highest BCUT2D eigenvalue weighted by atomic mass is 16.5. The second kappa shape index (κ2) is 7.66. The second-order valence-electron chi connectivity index (χ2n) is 6.68. The van der Waals surface area contributed by atoms with E-state index in [2.05, 4.69) is 5.32 Å². The summed E-state index contributed by atoms with van der Waals surface area (Å²) in [6, 6.07) is 7.04. The summed E-state index contributed by atoms with van der Waals surface area (Å²) in [5.41, 5.74) is 5.62. The summed E-state index contributed by atoms with van der Waals surface area (Å²) >= 11 is 0. The molecule has 1 saturated heterocycles. The molecule has 1 aromatic rings. The summed E-state index contributed by atoms with van der Waals surface area (Å²) < 4.78 is 5.51. The molecule has 2 aliphatic rings. The number of likely N-dealkylation sites (tertiary alicyclic amines) is 1. The summed E-state index contributed by atoms with van der Waals surface area (Å²) in [5, 5.41) is 3.61. The number of carbonyl (C=O) groups is 2. The van der Waals surface area contributed by atoms with E-state index in [0.717, 1.165) is 38.4 Å². The summed E-state index contributed by atoms with van der Waals surface area (Å²) in [7, 11) is 0. The van der Waals surface area contributed by atoms with E-state index in [9.17, 15) is 9.59 Å². The van der Waals surface area contributed by atoms with Crippen LogP contribution in [0.3, 0.4) is 0 Å². The van der Waals surface area contributed by atoms with E-state index in [4.69, 9.17) is 10.5 Å². The number of amides is 2. The SMILES string of the molecule is NC(=O)c1ccc(OCC(=O)N2CCC(NCC3CC3)CC2)cc1. The van der Waals surface area contributed by atoms with Crippen LogP contribution in [0.4, 0.5) is 0 Å². The van der Waals surface area contributed by atoms with E-state index >= 15 is 0 Å². The van der Waals surface area contributed by atoms with Crippen molar-refractivity contribution in [3.05, 3.63) is 29.8 Å². The van der Waals surface area contributed by atoms with Crippen LogP contribution in [0.1, 0.15) is 36.0 Å². The number of nitrogens with two attached hydrogens (primary N) is 1. The Morgan fingerprint density at radius 2 is 1.79 bits per heavy atom. The number of benzene rings is 1. The zero-order valence-corrected chi connectivity index (χ0v) is 13.9. The van der Waals surface area contributed by atoms with Crippen molar-refractivity contribution in [2.24, 2.45) is 11.7 Å². The molecule has 2 amide bonds. The Bertz CT molecular complexity index is 576. The van der Waals surface area contributed by atoms with E-state index in [1.165, 1.54) is 12.8 Å². The minimum Gasteiger partial charge on any atom is -0.484 e. The minimum absolute atomic E-state index is 0.00891. The first-order chi connectivity index (χ1) is 11.6. The number of ether oxygens (including phenoxy) is 1. The van der Waals surface area contributed by atoms with Crippen molar-refractivity contribution in [3.8, 4) is 5.75 Å². The highest BCUT2D eigenvalue weighted by molar-refractivity contribution is 5.92. The van der Waals surface area contributed by atoms with Gasteiger partial charge in [0.25, 0.3) is 5.91 Å². The van der Waals surface area contributed by atoms with Gasteiger partial charge in [-0.2, -0.15) is 0 Å². The molecular formula is C18H25N3O3. The molecule has 1 heterocycles. The Hall–Kier alpha value is -2.08. The second-order valence-corrected chi connectivity index (χ2v) is 6.68. The number of rotatable bonds is 7. The molecule has 3 rings (SSSR count). The first-order valence-electron chi connectivity index (χ1n) is 8.65. The van der Waals surface area contributed by atoms with Crippen LogP contribution in [-0.4, -0.2) is 49.0 Å². The van der Waals surface area contributed by atoms with Gasteiger partial charge in [0.15, 0.2) is 6.61 Å². The van der Waals surface area contributed by atoms with Crippen molar-refractivity contribution in [1.29, 1.82) is 0 Å². The molecule has 0 unspecified atom stereocenters. The summed E-state index contributed by atoms with van der Waals surface area (Å²) in [4.78, 5) is 25.1. The Kier molecular flexibility index (Phi) is 5.35. The Morgan fingerprint density at radius 3 is 2.38 bits per heavy atom. The van der Waals surface area contributed by atoms with Crippen LogP contribution in [-0.2, 0) is 4.79 Å². The van der Waals surface area contributed by atoms with Gasteiger partial charge in [-0.05, 0) is 62.4 Å². The number of hydrogen-bond acceptors (Lipinski definition) is 4. The molecule has 1 aliphatic carbocycles. The van der Waals surface area contributed by atoms with Crippen molar-refractivity contribution >= 4 is 11.8 Å². The van der Waals surface area contributed by atoms with Crippen LogP contribution >= 0.6 is 0 Å². The van der Waals surface area contributed by atoms with Crippen molar-refractivity contribution in [1.82, 2.24) is 10.2 Å². The lowest BCUT2D eigenvalue weighted by molar-refractivity contribution is -0.134. The molecule has 1 aliphatic heterocycles. The Labute approximate surface area is 142 Å². The zero-order chi connectivity index (χ0) is 16.9. The van der Waals surface area contributed by atoms with Crippen molar-refractivity contribution in [3.63, 3.8) is 0 Å². The first kappa shape index (κ1) is 16.8. The van der Waals surface area contributed by atoms with Gasteiger partial charge >= 0.3 is 0 Å². The van der Waals surface area contributed by atoms with Crippen LogP contribution in [0.2, 0.25) is 0 Å². The zero-order valence-electron chi connectivity index (χ0n) is 13.9. The first-order valence-corrected chi connectivity index (χ1v) is 8.65. The summed E-state index contributed by atoms with van der Waals surface area (Å²) in [5.74, 6) is 0.985. The minimum atomic E-state index is -0.476. The third-order valence-corrected chi connectivity index (χ3v) is 4.74. The molecule has 6 nitrogen and oxygen atoms in total. The van der Waals surface area contributed by atoms with Gasteiger partial charge in [0.05, 0.1) is 0 Å². The van der Waals surface area contributed by atoms with Crippen LogP contribution in [0.15, 0.2) is 24.3 Å². The van der Waals surface area contributed by atoms with Gasteiger partial charge in [0.2, 0.25) is 5.91 Å². The van der Waals surface area contributed by atoms with Crippen LogP contribution in [0, 0.1) is 5.92 Å². The molecule has 2 fully saturated rings. The molecule has 0 radical (unpaired) electrons. The van der Waals surface area contributed by atoms with Crippen LogP contribution < -0.4 is 15.8 Å². The molecule has 24 heavy (non-hydrogen) atoms. The number of nitrogens with zero attached hydrogens (tertiary/aromatic N) is 1. The Balaban J connectivity index is 1.38. The molecular weight excluding hydrogens is 306 g/mol. The molecule has 130 valence electrons. The fourth-order valence-corrected chi connectivity index (χ4v) is 2.94. The van der Waals surface area contributed by atoms with E-state index in [-0.39, 0.29) is 12.5 Å². The molecule has 1 saturated carbocycles. The van der Waals surface area contributed by atoms with Gasteiger partial charge in [0, 0.05) is 24.7 Å². The number of piperidine rings is 1. The summed E-state index contributed by atoms with van der Waals surface area (Å²) in [6.07, 6.45) is 4.74. The molecule has 0 spiro atoms. The normalized spacial score (nSPS) is 18.4. The number of carbonyl (C=O) groups excluding carboxylic acids is 2. The average molecular weight is 331 g/mol. The molecule has 0 aromatic heterocycles. The summed E-state index contributed by atoms with van der Waals surface area (Å²) in [6.45, 7) is 2.72. The van der Waals surface area contributed by atoms with E-state index < -0.39 is 5.91 Å². The van der Waals surface area contributed by atoms with Gasteiger partial charge in [-0.25, -0.2) is 0 Å². The van der Waals surface area contributed by atoms with Gasteiger partial charge in [-0.1, -0.05) is 0 Å². The van der Waals surface area contributed by atoms with Gasteiger partial charge in [-0.3, -0.25) is 9.59 Å². The molecule has 1 aromatic carbocycles. The predicted octanol–water partition coefficient (Wildman–Crippen LogP) is 1.15. The van der Waals surface area contributed by atoms with Crippen molar-refractivity contribution in [2.45, 2.75) is 31.7 Å². The maximum absolute atomic E-state index is 12.2. The van der Waals surface area contributed by atoms with Gasteiger partial charge in [0.1, 0.15) is 5.75 Å². The fourth-order valence-electron chi connectivity index (χ4n) is 2.94. The maximum atomic E-state index is 12.2. The third-order valence-electron chi connectivity index (χ3n) is 4.74. The van der Waals surface area contributed by atoms with E-state index in [0.29, 0.717) is 17.4 Å². The number of nitrogens with one attached hydrogen (secondary N) is 1. The van der Waals surface area contributed by atoms with Crippen molar-refractivity contribution < 1.29 is 14.3 Å². The standard InChI is InChI=1S/C18H25N3O3/c19-18(23)14-3-5-16(6-4-14)24-12-17(22)21-9-7-15(8-10-21)20-11-13-1-2-13/h3-6,13,15,20H,1-2,7-12H2,(H2,19,23). The van der Waals surface area contributed by atoms with E-state index in [1.807, 2.05) is 4.90 Å². The molecule has 0 bridgehead atoms. The Morgan fingerprint density at radius 1 is 1.12 bits per heavy atom. The highest BCUT2D eigenvalue weighted by Crippen LogP contribution is 2.28. The number of hydrogen-bond donors (Lipinski definition) is 2. The molecule has 0 atom stereocenters. The maximum Gasteiger partial charge on any atom is 0.260 e. The van der Waals surface area contributed by atoms with Gasteiger partial charge < -0.3 is 20.7 Å². The fraction of sp³-hybridized carbons (Fsp3) is 0.556. The quantitative estimate of drug-likeness (QED) is 0.785. The number of primary amides is 1. The van der Waals surface area contributed by atoms with Crippen LogP contribution in [0.25, 0.3) is 0 Å². The monoisotopic (exact) mass is 331 g/mol. The third kappa shape index (κ3) is 4.71. The van der Waals surface area contributed by atoms with Crippen molar-refractivity contribution in [2.75, 3.05) is 26.2 Å². The highest BCUT2D eigenvalue weighted by Gasteiger charge is 2.26. The lowest BCUT2D eigenvalue weighted by Gasteiger charge is -2.32. The predicted molar refractivity (Wildman–Crippen MR) is 90.8 cm³/mol. The average Bonchev–Trinajstić information content (AvgIpc) is 3.43.